The number of benzene rings is 2. The van der Waals surface area contributed by atoms with Gasteiger partial charge in [0.25, 0.3) is 5.91 Å². The summed E-state index contributed by atoms with van der Waals surface area (Å²) in [4.78, 5) is 17.3. The normalized spacial score (nSPS) is 17.7. The highest BCUT2D eigenvalue weighted by Crippen LogP contribution is 2.31. The standard InChI is InChI=1S/C25H33N3O3/c1-19-5-3-7-22(15-19)31-18-25(29)26-17-24(28-11-13-30-14-12-28)21-8-9-23-20(16-21)6-4-10-27(23)2/h3,5,7-9,15-16,24H,4,6,10-14,17-18H2,1-2H3,(H,26,29)/t24-/m0/s1. The number of carbonyl (C=O) groups excluding carboxylic acids is 1. The van der Waals surface area contributed by atoms with E-state index in [-0.39, 0.29) is 18.6 Å². The maximum atomic E-state index is 12.5. The first kappa shape index (κ1) is 21.7. The molecule has 1 saturated heterocycles. The third-order valence-electron chi connectivity index (χ3n) is 6.18. The summed E-state index contributed by atoms with van der Waals surface area (Å²) < 4.78 is 11.2. The molecule has 0 bridgehead atoms. The highest BCUT2D eigenvalue weighted by atomic mass is 16.5. The monoisotopic (exact) mass is 423 g/mol. The number of nitrogens with zero attached hydrogens (tertiary/aromatic N) is 2. The van der Waals surface area contributed by atoms with Crippen molar-refractivity contribution in [3.63, 3.8) is 0 Å². The van der Waals surface area contributed by atoms with Crippen molar-refractivity contribution < 1.29 is 14.3 Å². The Hall–Kier alpha value is -2.57. The first-order valence-corrected chi connectivity index (χ1v) is 11.2. The van der Waals surface area contributed by atoms with E-state index in [0.29, 0.717) is 6.54 Å². The molecule has 2 aliphatic heterocycles. The maximum absolute atomic E-state index is 12.5. The van der Waals surface area contributed by atoms with Crippen molar-refractivity contribution in [3.05, 3.63) is 59.2 Å². The van der Waals surface area contributed by atoms with E-state index in [2.05, 4.69) is 40.4 Å². The van der Waals surface area contributed by atoms with Gasteiger partial charge in [-0.2, -0.15) is 0 Å². The highest BCUT2D eigenvalue weighted by Gasteiger charge is 2.25. The molecule has 6 nitrogen and oxygen atoms in total. The zero-order valence-corrected chi connectivity index (χ0v) is 18.6. The maximum Gasteiger partial charge on any atom is 0.258 e. The van der Waals surface area contributed by atoms with Crippen LogP contribution < -0.4 is 15.0 Å². The van der Waals surface area contributed by atoms with Crippen molar-refractivity contribution in [3.8, 4) is 5.75 Å². The van der Waals surface area contributed by atoms with Gasteiger partial charge in [0.05, 0.1) is 19.3 Å². The third kappa shape index (κ3) is 5.57. The topological polar surface area (TPSA) is 54.0 Å². The van der Waals surface area contributed by atoms with E-state index >= 15 is 0 Å². The fourth-order valence-corrected chi connectivity index (χ4v) is 4.47. The van der Waals surface area contributed by atoms with Gasteiger partial charge in [0, 0.05) is 38.9 Å². The Labute approximate surface area is 185 Å². The minimum Gasteiger partial charge on any atom is -0.484 e. The first-order valence-electron chi connectivity index (χ1n) is 11.2. The summed E-state index contributed by atoms with van der Waals surface area (Å²) in [6.45, 7) is 6.91. The number of nitrogens with one attached hydrogen (secondary N) is 1. The molecule has 2 heterocycles. The van der Waals surface area contributed by atoms with Gasteiger partial charge in [-0.05, 0) is 54.7 Å². The van der Waals surface area contributed by atoms with Crippen LogP contribution in [-0.2, 0) is 16.0 Å². The largest absolute Gasteiger partial charge is 0.484 e. The molecule has 1 atom stereocenters. The average molecular weight is 424 g/mol. The van der Waals surface area contributed by atoms with E-state index in [1.165, 1.54) is 23.2 Å². The number of hydrogen-bond donors (Lipinski definition) is 1. The number of amides is 1. The number of ether oxygens (including phenoxy) is 2. The Morgan fingerprint density at radius 3 is 2.81 bits per heavy atom. The molecular weight excluding hydrogens is 390 g/mol. The van der Waals surface area contributed by atoms with Crippen LogP contribution in [0.3, 0.4) is 0 Å². The summed E-state index contributed by atoms with van der Waals surface area (Å²) >= 11 is 0. The Bertz CT molecular complexity index is 895. The Balaban J connectivity index is 1.42. The molecular formula is C25H33N3O3. The summed E-state index contributed by atoms with van der Waals surface area (Å²) in [7, 11) is 2.16. The van der Waals surface area contributed by atoms with Gasteiger partial charge >= 0.3 is 0 Å². The number of rotatable bonds is 7. The minimum absolute atomic E-state index is 0.0221. The molecule has 0 aliphatic carbocycles. The van der Waals surface area contributed by atoms with Gasteiger partial charge in [-0.3, -0.25) is 9.69 Å². The van der Waals surface area contributed by atoms with Crippen LogP contribution in [0.1, 0.15) is 29.2 Å². The SMILES string of the molecule is Cc1cccc(OCC(=O)NC[C@@H](c2ccc3c(c2)CCCN3C)N2CCOCC2)c1. The Morgan fingerprint density at radius 1 is 1.16 bits per heavy atom. The smallest absolute Gasteiger partial charge is 0.258 e. The minimum atomic E-state index is -0.0996. The molecule has 1 amide bonds. The molecule has 1 N–H and O–H groups in total. The second kappa shape index (κ2) is 10.2. The molecule has 2 aliphatic rings. The molecule has 166 valence electrons. The molecule has 0 saturated carbocycles. The van der Waals surface area contributed by atoms with Crippen LogP contribution in [0.15, 0.2) is 42.5 Å². The van der Waals surface area contributed by atoms with Crippen LogP contribution in [0.4, 0.5) is 5.69 Å². The van der Waals surface area contributed by atoms with E-state index in [1.807, 2.05) is 31.2 Å². The molecule has 4 rings (SSSR count). The summed E-state index contributed by atoms with van der Waals surface area (Å²) in [5, 5.41) is 3.10. The summed E-state index contributed by atoms with van der Waals surface area (Å²) in [5.74, 6) is 0.621. The van der Waals surface area contributed by atoms with Crippen LogP contribution in [0.5, 0.6) is 5.75 Å². The van der Waals surface area contributed by atoms with Gasteiger partial charge in [-0.1, -0.05) is 24.3 Å². The van der Waals surface area contributed by atoms with E-state index in [9.17, 15) is 4.79 Å². The Kier molecular flexibility index (Phi) is 7.10. The lowest BCUT2D eigenvalue weighted by molar-refractivity contribution is -0.123. The average Bonchev–Trinajstić information content (AvgIpc) is 2.79. The predicted octanol–water partition coefficient (Wildman–Crippen LogP) is 2.95. The predicted molar refractivity (Wildman–Crippen MR) is 123 cm³/mol. The lowest BCUT2D eigenvalue weighted by atomic mass is 9.95. The Morgan fingerprint density at radius 2 is 2.00 bits per heavy atom. The van der Waals surface area contributed by atoms with Crippen LogP contribution in [-0.4, -0.2) is 63.9 Å². The van der Waals surface area contributed by atoms with E-state index in [4.69, 9.17) is 9.47 Å². The highest BCUT2D eigenvalue weighted by molar-refractivity contribution is 5.77. The number of fused-ring (bicyclic) bond motifs is 1. The lowest BCUT2D eigenvalue weighted by Gasteiger charge is -2.36. The van der Waals surface area contributed by atoms with Gasteiger partial charge in [0.15, 0.2) is 6.61 Å². The molecule has 6 heteroatoms. The molecule has 1 fully saturated rings. The number of hydrogen-bond acceptors (Lipinski definition) is 5. The van der Waals surface area contributed by atoms with Crippen LogP contribution in [0.2, 0.25) is 0 Å². The second-order valence-corrected chi connectivity index (χ2v) is 8.49. The number of carbonyl (C=O) groups is 1. The molecule has 0 radical (unpaired) electrons. The van der Waals surface area contributed by atoms with Crippen LogP contribution in [0.25, 0.3) is 0 Å². The van der Waals surface area contributed by atoms with Crippen molar-refractivity contribution in [2.24, 2.45) is 0 Å². The van der Waals surface area contributed by atoms with Crippen molar-refractivity contribution in [1.29, 1.82) is 0 Å². The van der Waals surface area contributed by atoms with Gasteiger partial charge in [-0.25, -0.2) is 0 Å². The number of anilines is 1. The lowest BCUT2D eigenvalue weighted by Crippen LogP contribution is -2.44. The van der Waals surface area contributed by atoms with Gasteiger partial charge < -0.3 is 19.7 Å². The van der Waals surface area contributed by atoms with Crippen molar-refractivity contribution in [2.45, 2.75) is 25.8 Å². The van der Waals surface area contributed by atoms with Gasteiger partial charge in [0.1, 0.15) is 5.75 Å². The summed E-state index contributed by atoms with van der Waals surface area (Å²) in [6.07, 6.45) is 2.29. The van der Waals surface area contributed by atoms with E-state index in [1.54, 1.807) is 0 Å². The summed E-state index contributed by atoms with van der Waals surface area (Å²) in [5.41, 5.74) is 5.10. The van der Waals surface area contributed by atoms with Crippen LogP contribution >= 0.6 is 0 Å². The van der Waals surface area contributed by atoms with Crippen molar-refractivity contribution >= 4 is 11.6 Å². The van der Waals surface area contributed by atoms with Crippen molar-refractivity contribution in [1.82, 2.24) is 10.2 Å². The van der Waals surface area contributed by atoms with E-state index in [0.717, 1.165) is 50.6 Å². The first-order chi connectivity index (χ1) is 15.1. The molecule has 31 heavy (non-hydrogen) atoms. The third-order valence-corrected chi connectivity index (χ3v) is 6.18. The quantitative estimate of drug-likeness (QED) is 0.742. The second-order valence-electron chi connectivity index (χ2n) is 8.49. The zero-order chi connectivity index (χ0) is 21.6. The van der Waals surface area contributed by atoms with E-state index < -0.39 is 0 Å². The summed E-state index contributed by atoms with van der Waals surface area (Å²) in [6, 6.07) is 14.7. The zero-order valence-electron chi connectivity index (χ0n) is 18.6. The molecule has 0 unspecified atom stereocenters. The fraction of sp³-hybridized carbons (Fsp3) is 0.480. The van der Waals surface area contributed by atoms with Crippen LogP contribution in [0, 0.1) is 6.92 Å². The number of morpholine rings is 1. The fourth-order valence-electron chi connectivity index (χ4n) is 4.47. The molecule has 0 aromatic heterocycles. The van der Waals surface area contributed by atoms with Crippen molar-refractivity contribution in [2.75, 3.05) is 57.9 Å². The molecule has 2 aromatic carbocycles. The molecule has 2 aromatic rings. The van der Waals surface area contributed by atoms with Gasteiger partial charge in [-0.15, -0.1) is 0 Å². The number of aryl methyl sites for hydroxylation is 2. The van der Waals surface area contributed by atoms with Gasteiger partial charge in [0.2, 0.25) is 0 Å². The molecule has 0 spiro atoms.